The van der Waals surface area contributed by atoms with Crippen LogP contribution in [0.4, 0.5) is 0 Å². The largest absolute Gasteiger partial charge is 0.434 e. The minimum atomic E-state index is -0.165. The van der Waals surface area contributed by atoms with E-state index in [1.54, 1.807) is 6.08 Å². The number of carbonyl (C=O) groups excluding carboxylic acids is 1. The van der Waals surface area contributed by atoms with Gasteiger partial charge in [-0.2, -0.15) is 0 Å². The zero-order valence-corrected chi connectivity index (χ0v) is 5.72. The van der Waals surface area contributed by atoms with Crippen molar-refractivity contribution in [1.29, 1.82) is 0 Å². The Balaban J connectivity index is 2.53. The highest BCUT2D eigenvalue weighted by Crippen LogP contribution is 2.11. The molecule has 0 aromatic carbocycles. The zero-order chi connectivity index (χ0) is 5.98. The average Bonchev–Trinajstić information content (AvgIpc) is 2.14. The van der Waals surface area contributed by atoms with E-state index in [4.69, 9.17) is 0 Å². The summed E-state index contributed by atoms with van der Waals surface area (Å²) in [5, 5.41) is 0.655. The van der Waals surface area contributed by atoms with E-state index in [1.807, 2.05) is 0 Å². The summed E-state index contributed by atoms with van der Waals surface area (Å²) in [5.74, 6) is -0.225. The van der Waals surface area contributed by atoms with Crippen molar-refractivity contribution in [2.45, 2.75) is 0 Å². The van der Waals surface area contributed by atoms with Gasteiger partial charge >= 0.3 is 5.97 Å². The molecule has 1 atom stereocenters. The number of halogens is 1. The van der Waals surface area contributed by atoms with Crippen LogP contribution in [0.2, 0.25) is 0 Å². The fraction of sp³-hybridized carbons (Fsp3) is 0.400. The molecular formula is C5H5BrO2. The Morgan fingerprint density at radius 3 is 2.88 bits per heavy atom. The van der Waals surface area contributed by atoms with E-state index in [1.165, 1.54) is 6.26 Å². The Bertz CT molecular complexity index is 130. The summed E-state index contributed by atoms with van der Waals surface area (Å²) in [6.07, 6.45) is 3.16. The molecule has 44 valence electrons. The lowest BCUT2D eigenvalue weighted by atomic mass is 10.2. The molecule has 1 rings (SSSR count). The molecule has 1 unspecified atom stereocenters. The van der Waals surface area contributed by atoms with Crippen LogP contribution in [-0.2, 0) is 9.53 Å². The minimum absolute atomic E-state index is 0.0602. The maximum absolute atomic E-state index is 10.5. The predicted molar refractivity (Wildman–Crippen MR) is 32.5 cm³/mol. The molecule has 0 aromatic rings. The van der Waals surface area contributed by atoms with E-state index in [2.05, 4.69) is 20.7 Å². The predicted octanol–water partition coefficient (Wildman–Crippen LogP) is 1.07. The van der Waals surface area contributed by atoms with Crippen molar-refractivity contribution in [1.82, 2.24) is 0 Å². The first-order chi connectivity index (χ1) is 3.84. The summed E-state index contributed by atoms with van der Waals surface area (Å²) in [6.45, 7) is 0. The first-order valence-corrected chi connectivity index (χ1v) is 3.40. The van der Waals surface area contributed by atoms with Crippen molar-refractivity contribution in [3.8, 4) is 0 Å². The molecule has 3 heteroatoms. The van der Waals surface area contributed by atoms with Crippen molar-refractivity contribution in [3.63, 3.8) is 0 Å². The summed E-state index contributed by atoms with van der Waals surface area (Å²) < 4.78 is 4.51. The van der Waals surface area contributed by atoms with Gasteiger partial charge in [-0.1, -0.05) is 15.9 Å². The second-order valence-corrected chi connectivity index (χ2v) is 2.17. The summed E-state index contributed by atoms with van der Waals surface area (Å²) in [7, 11) is 0. The Morgan fingerprint density at radius 2 is 2.62 bits per heavy atom. The number of hydrogen-bond acceptors (Lipinski definition) is 2. The first-order valence-electron chi connectivity index (χ1n) is 2.27. The molecule has 1 heterocycles. The zero-order valence-electron chi connectivity index (χ0n) is 4.13. The van der Waals surface area contributed by atoms with Crippen molar-refractivity contribution < 1.29 is 9.53 Å². The first kappa shape index (κ1) is 5.82. The molecule has 0 fully saturated rings. The van der Waals surface area contributed by atoms with Gasteiger partial charge in [-0.25, -0.2) is 0 Å². The Kier molecular flexibility index (Phi) is 1.68. The number of esters is 1. The van der Waals surface area contributed by atoms with Crippen molar-refractivity contribution >= 4 is 21.9 Å². The molecule has 8 heavy (non-hydrogen) atoms. The molecule has 1 aliphatic heterocycles. The molecule has 0 amide bonds. The van der Waals surface area contributed by atoms with Crippen LogP contribution in [-0.4, -0.2) is 11.3 Å². The number of alkyl halides is 1. The molecule has 0 N–H and O–H groups in total. The van der Waals surface area contributed by atoms with Crippen LogP contribution in [0.1, 0.15) is 0 Å². The normalized spacial score (nSPS) is 26.1. The van der Waals surface area contributed by atoms with Gasteiger partial charge in [0.25, 0.3) is 0 Å². The average molecular weight is 177 g/mol. The SMILES string of the molecule is O=C1OC=CC1CBr. The maximum atomic E-state index is 10.5. The topological polar surface area (TPSA) is 26.3 Å². The van der Waals surface area contributed by atoms with Crippen molar-refractivity contribution in [2.75, 3.05) is 5.33 Å². The van der Waals surface area contributed by atoms with Crippen LogP contribution in [0, 0.1) is 5.92 Å². The summed E-state index contributed by atoms with van der Waals surface area (Å²) in [6, 6.07) is 0. The van der Waals surface area contributed by atoms with Crippen molar-refractivity contribution in [3.05, 3.63) is 12.3 Å². The van der Waals surface area contributed by atoms with E-state index >= 15 is 0 Å². The van der Waals surface area contributed by atoms with Crippen molar-refractivity contribution in [2.24, 2.45) is 5.92 Å². The lowest BCUT2D eigenvalue weighted by molar-refractivity contribution is -0.138. The number of ether oxygens (including phenoxy) is 1. The second-order valence-electron chi connectivity index (χ2n) is 1.53. The molecule has 0 saturated heterocycles. The van der Waals surface area contributed by atoms with Gasteiger partial charge in [0.2, 0.25) is 0 Å². The molecule has 0 spiro atoms. The lowest BCUT2D eigenvalue weighted by Crippen LogP contribution is -2.08. The smallest absolute Gasteiger partial charge is 0.318 e. The minimum Gasteiger partial charge on any atom is -0.434 e. The summed E-state index contributed by atoms with van der Waals surface area (Å²) in [4.78, 5) is 10.5. The monoisotopic (exact) mass is 176 g/mol. The number of cyclic esters (lactones) is 1. The molecule has 0 aromatic heterocycles. The van der Waals surface area contributed by atoms with Crippen LogP contribution < -0.4 is 0 Å². The highest BCUT2D eigenvalue weighted by molar-refractivity contribution is 9.09. The van der Waals surface area contributed by atoms with E-state index in [0.717, 1.165) is 0 Å². The van der Waals surface area contributed by atoms with E-state index < -0.39 is 0 Å². The summed E-state index contributed by atoms with van der Waals surface area (Å²) >= 11 is 3.16. The fourth-order valence-electron chi connectivity index (χ4n) is 0.482. The second kappa shape index (κ2) is 2.31. The number of carbonyl (C=O) groups is 1. The third-order valence-electron chi connectivity index (χ3n) is 0.964. The maximum Gasteiger partial charge on any atom is 0.318 e. The van der Waals surface area contributed by atoms with Gasteiger partial charge in [-0.3, -0.25) is 4.79 Å². The standard InChI is InChI=1S/C5H5BrO2/c6-3-4-1-2-8-5(4)7/h1-2,4H,3H2. The van der Waals surface area contributed by atoms with Gasteiger partial charge in [-0.05, 0) is 6.08 Å². The van der Waals surface area contributed by atoms with Gasteiger partial charge in [-0.15, -0.1) is 0 Å². The molecule has 0 radical (unpaired) electrons. The van der Waals surface area contributed by atoms with Gasteiger partial charge in [0.15, 0.2) is 0 Å². The van der Waals surface area contributed by atoms with Crippen LogP contribution in [0.15, 0.2) is 12.3 Å². The molecule has 0 saturated carbocycles. The van der Waals surface area contributed by atoms with E-state index in [0.29, 0.717) is 5.33 Å². The molecule has 0 aliphatic carbocycles. The van der Waals surface area contributed by atoms with Gasteiger partial charge < -0.3 is 4.74 Å². The van der Waals surface area contributed by atoms with Crippen LogP contribution >= 0.6 is 15.9 Å². The molecule has 2 nitrogen and oxygen atoms in total. The molecular weight excluding hydrogens is 172 g/mol. The highest BCUT2D eigenvalue weighted by Gasteiger charge is 2.19. The number of hydrogen-bond donors (Lipinski definition) is 0. The quantitative estimate of drug-likeness (QED) is 0.442. The fourth-order valence-corrected chi connectivity index (χ4v) is 0.962. The molecule has 1 aliphatic rings. The third-order valence-corrected chi connectivity index (χ3v) is 1.66. The van der Waals surface area contributed by atoms with Gasteiger partial charge in [0.05, 0.1) is 12.2 Å². The Hall–Kier alpha value is -0.310. The van der Waals surface area contributed by atoms with Crippen LogP contribution in [0.25, 0.3) is 0 Å². The van der Waals surface area contributed by atoms with Crippen LogP contribution in [0.5, 0.6) is 0 Å². The summed E-state index contributed by atoms with van der Waals surface area (Å²) in [5.41, 5.74) is 0. The van der Waals surface area contributed by atoms with E-state index in [9.17, 15) is 4.79 Å². The van der Waals surface area contributed by atoms with Crippen LogP contribution in [0.3, 0.4) is 0 Å². The van der Waals surface area contributed by atoms with E-state index in [-0.39, 0.29) is 11.9 Å². The molecule has 0 bridgehead atoms. The Morgan fingerprint density at radius 1 is 1.88 bits per heavy atom. The third kappa shape index (κ3) is 0.916. The lowest BCUT2D eigenvalue weighted by Gasteiger charge is -1.94. The Labute approximate surface area is 55.6 Å². The number of rotatable bonds is 1. The highest BCUT2D eigenvalue weighted by atomic mass is 79.9. The van der Waals surface area contributed by atoms with Gasteiger partial charge in [0, 0.05) is 5.33 Å². The van der Waals surface area contributed by atoms with Gasteiger partial charge in [0.1, 0.15) is 0 Å².